The molecule has 0 radical (unpaired) electrons. The highest BCUT2D eigenvalue weighted by molar-refractivity contribution is 5.33. The number of aliphatic hydroxyl groups is 1. The smallest absolute Gasteiger partial charge is 0.126 e. The van der Waals surface area contributed by atoms with Gasteiger partial charge in [0.05, 0.1) is 5.60 Å². The summed E-state index contributed by atoms with van der Waals surface area (Å²) in [7, 11) is 0. The summed E-state index contributed by atoms with van der Waals surface area (Å²) in [6.07, 6.45) is 0.235. The molecule has 1 N–H and O–H groups in total. The lowest BCUT2D eigenvalue weighted by atomic mass is 9.87. The van der Waals surface area contributed by atoms with Crippen LogP contribution in [0.15, 0.2) is 36.4 Å². The Bertz CT molecular complexity index is 633. The molecule has 2 aromatic carbocycles. The van der Waals surface area contributed by atoms with Gasteiger partial charge in [0.1, 0.15) is 11.6 Å². The molecule has 1 unspecified atom stereocenters. The number of aryl methyl sites for hydroxylation is 2. The van der Waals surface area contributed by atoms with Gasteiger partial charge in [0, 0.05) is 6.42 Å². The normalized spacial score (nSPS) is 14.1. The van der Waals surface area contributed by atoms with Crippen LogP contribution in [0.25, 0.3) is 0 Å². The average Bonchev–Trinajstić information content (AvgIpc) is 2.36. The van der Waals surface area contributed by atoms with Gasteiger partial charge in [0.15, 0.2) is 0 Å². The molecule has 0 spiro atoms. The summed E-state index contributed by atoms with van der Waals surface area (Å²) < 4.78 is 26.9. The maximum absolute atomic E-state index is 13.6. The highest BCUT2D eigenvalue weighted by atomic mass is 19.1. The SMILES string of the molecule is Cc1ccc(C(C)(O)Cc2cc(F)ccc2C)cc1F. The van der Waals surface area contributed by atoms with E-state index >= 15 is 0 Å². The van der Waals surface area contributed by atoms with Crippen molar-refractivity contribution in [2.24, 2.45) is 0 Å². The minimum absolute atomic E-state index is 0.235. The molecule has 0 fully saturated rings. The Morgan fingerprint density at radius 3 is 2.30 bits per heavy atom. The summed E-state index contributed by atoms with van der Waals surface area (Å²) in [5.74, 6) is -0.685. The molecule has 1 nitrogen and oxygen atoms in total. The predicted molar refractivity (Wildman–Crippen MR) is 75.5 cm³/mol. The number of hydrogen-bond acceptors (Lipinski definition) is 1. The largest absolute Gasteiger partial charge is 0.385 e. The molecule has 2 aromatic rings. The van der Waals surface area contributed by atoms with Crippen LogP contribution in [-0.4, -0.2) is 5.11 Å². The summed E-state index contributed by atoms with van der Waals surface area (Å²) >= 11 is 0. The fourth-order valence-corrected chi connectivity index (χ4v) is 2.23. The Hall–Kier alpha value is -1.74. The predicted octanol–water partition coefficient (Wildman–Crippen LogP) is 4.03. The van der Waals surface area contributed by atoms with Crippen LogP contribution in [0.3, 0.4) is 0 Å². The van der Waals surface area contributed by atoms with Crippen LogP contribution in [0.4, 0.5) is 8.78 Å². The van der Waals surface area contributed by atoms with Gasteiger partial charge in [-0.2, -0.15) is 0 Å². The molecule has 1 atom stereocenters. The first-order valence-corrected chi connectivity index (χ1v) is 6.53. The van der Waals surface area contributed by atoms with Gasteiger partial charge < -0.3 is 5.11 Å². The average molecular weight is 276 g/mol. The summed E-state index contributed by atoms with van der Waals surface area (Å²) in [4.78, 5) is 0. The molecule has 0 amide bonds. The van der Waals surface area contributed by atoms with Crippen LogP contribution in [0.5, 0.6) is 0 Å². The van der Waals surface area contributed by atoms with Crippen LogP contribution >= 0.6 is 0 Å². The number of halogens is 2. The van der Waals surface area contributed by atoms with E-state index in [1.807, 2.05) is 6.92 Å². The number of benzene rings is 2. The van der Waals surface area contributed by atoms with Crippen LogP contribution < -0.4 is 0 Å². The van der Waals surface area contributed by atoms with E-state index in [-0.39, 0.29) is 18.1 Å². The van der Waals surface area contributed by atoms with E-state index in [1.54, 1.807) is 32.0 Å². The molecule has 0 saturated heterocycles. The minimum Gasteiger partial charge on any atom is -0.385 e. The van der Waals surface area contributed by atoms with Gasteiger partial charge in [-0.15, -0.1) is 0 Å². The molecule has 0 aliphatic carbocycles. The highest BCUT2D eigenvalue weighted by Gasteiger charge is 2.25. The minimum atomic E-state index is -1.24. The lowest BCUT2D eigenvalue weighted by Crippen LogP contribution is -2.25. The molecule has 0 heterocycles. The zero-order valence-corrected chi connectivity index (χ0v) is 11.9. The highest BCUT2D eigenvalue weighted by Crippen LogP contribution is 2.28. The molecular weight excluding hydrogens is 258 g/mol. The second-order valence-electron chi connectivity index (χ2n) is 5.49. The molecule has 0 saturated carbocycles. The van der Waals surface area contributed by atoms with Gasteiger partial charge in [0.25, 0.3) is 0 Å². The Kier molecular flexibility index (Phi) is 3.91. The molecule has 0 aromatic heterocycles. The van der Waals surface area contributed by atoms with Gasteiger partial charge >= 0.3 is 0 Å². The Balaban J connectivity index is 2.34. The summed E-state index contributed by atoms with van der Waals surface area (Å²) in [5.41, 5.74) is 1.40. The van der Waals surface area contributed by atoms with Crippen molar-refractivity contribution in [2.75, 3.05) is 0 Å². The van der Waals surface area contributed by atoms with Crippen molar-refractivity contribution >= 4 is 0 Å². The van der Waals surface area contributed by atoms with Gasteiger partial charge in [-0.3, -0.25) is 0 Å². The van der Waals surface area contributed by atoms with E-state index in [4.69, 9.17) is 0 Å². The van der Waals surface area contributed by atoms with Crippen LogP contribution in [0.2, 0.25) is 0 Å². The third-order valence-corrected chi connectivity index (χ3v) is 3.64. The standard InChI is InChI=1S/C17H18F2O/c1-11-5-7-15(18)8-13(11)10-17(3,20)14-6-4-12(2)16(19)9-14/h4-9,20H,10H2,1-3H3. The van der Waals surface area contributed by atoms with Crippen LogP contribution in [0.1, 0.15) is 29.2 Å². The summed E-state index contributed by atoms with van der Waals surface area (Å²) in [5, 5.41) is 10.6. The topological polar surface area (TPSA) is 20.2 Å². The zero-order chi connectivity index (χ0) is 14.9. The third kappa shape index (κ3) is 3.05. The second-order valence-corrected chi connectivity index (χ2v) is 5.49. The Labute approximate surface area is 117 Å². The second kappa shape index (κ2) is 5.33. The first-order chi connectivity index (χ1) is 9.29. The fraction of sp³-hybridized carbons (Fsp3) is 0.294. The lowest BCUT2D eigenvalue weighted by molar-refractivity contribution is 0.0570. The molecular formula is C17H18F2O. The van der Waals surface area contributed by atoms with Crippen molar-refractivity contribution in [3.8, 4) is 0 Å². The number of hydrogen-bond donors (Lipinski definition) is 1. The molecule has 0 aliphatic rings. The van der Waals surface area contributed by atoms with Crippen molar-refractivity contribution in [1.29, 1.82) is 0 Å². The maximum atomic E-state index is 13.6. The van der Waals surface area contributed by atoms with Gasteiger partial charge in [-0.25, -0.2) is 8.78 Å². The van der Waals surface area contributed by atoms with E-state index in [2.05, 4.69) is 0 Å². The third-order valence-electron chi connectivity index (χ3n) is 3.64. The van der Waals surface area contributed by atoms with Crippen molar-refractivity contribution < 1.29 is 13.9 Å². The summed E-state index contributed by atoms with van der Waals surface area (Å²) in [6.45, 7) is 5.15. The van der Waals surface area contributed by atoms with Crippen molar-refractivity contribution in [2.45, 2.75) is 32.8 Å². The summed E-state index contributed by atoms with van der Waals surface area (Å²) in [6, 6.07) is 9.15. The van der Waals surface area contributed by atoms with Crippen molar-refractivity contribution in [3.63, 3.8) is 0 Å². The number of rotatable bonds is 3. The molecule has 3 heteroatoms. The van der Waals surface area contributed by atoms with Crippen molar-refractivity contribution in [1.82, 2.24) is 0 Å². The van der Waals surface area contributed by atoms with E-state index in [0.717, 1.165) is 11.1 Å². The van der Waals surface area contributed by atoms with Crippen LogP contribution in [0, 0.1) is 25.5 Å². The molecule has 2 rings (SSSR count). The van der Waals surface area contributed by atoms with Gasteiger partial charge in [-0.1, -0.05) is 18.2 Å². The zero-order valence-electron chi connectivity index (χ0n) is 11.9. The monoisotopic (exact) mass is 276 g/mol. The Morgan fingerprint density at radius 2 is 1.65 bits per heavy atom. The Morgan fingerprint density at radius 1 is 1.00 bits per heavy atom. The van der Waals surface area contributed by atoms with Gasteiger partial charge in [0.2, 0.25) is 0 Å². The lowest BCUT2D eigenvalue weighted by Gasteiger charge is -2.25. The van der Waals surface area contributed by atoms with E-state index in [9.17, 15) is 13.9 Å². The molecule has 0 aliphatic heterocycles. The quantitative estimate of drug-likeness (QED) is 0.897. The first-order valence-electron chi connectivity index (χ1n) is 6.53. The van der Waals surface area contributed by atoms with E-state index in [0.29, 0.717) is 11.1 Å². The van der Waals surface area contributed by atoms with Gasteiger partial charge in [-0.05, 0) is 61.2 Å². The molecule has 106 valence electrons. The van der Waals surface area contributed by atoms with Crippen LogP contribution in [-0.2, 0) is 12.0 Å². The fourth-order valence-electron chi connectivity index (χ4n) is 2.23. The van der Waals surface area contributed by atoms with Crippen molar-refractivity contribution in [3.05, 3.63) is 70.3 Å². The first kappa shape index (κ1) is 14.7. The molecule has 0 bridgehead atoms. The molecule has 20 heavy (non-hydrogen) atoms. The van der Waals surface area contributed by atoms with E-state index in [1.165, 1.54) is 18.2 Å². The maximum Gasteiger partial charge on any atom is 0.126 e. The van der Waals surface area contributed by atoms with E-state index < -0.39 is 5.60 Å².